The number of benzene rings is 2. The summed E-state index contributed by atoms with van der Waals surface area (Å²) in [7, 11) is -0.187. The molecule has 1 aliphatic rings. The van der Waals surface area contributed by atoms with Crippen LogP contribution in [0.5, 0.6) is 11.5 Å². The molecule has 8 nitrogen and oxygen atoms in total. The van der Waals surface area contributed by atoms with E-state index in [0.29, 0.717) is 42.4 Å². The highest BCUT2D eigenvalue weighted by molar-refractivity contribution is 7.92. The van der Waals surface area contributed by atoms with Gasteiger partial charge in [0.05, 0.1) is 25.7 Å². The Hall–Kier alpha value is -2.94. The van der Waals surface area contributed by atoms with E-state index in [-0.39, 0.29) is 11.8 Å². The minimum Gasteiger partial charge on any atom is -0.493 e. The number of carbonyl (C=O) groups is 1. The van der Waals surface area contributed by atoms with Crippen molar-refractivity contribution in [2.45, 2.75) is 32.7 Å². The zero-order valence-corrected chi connectivity index (χ0v) is 18.9. The number of ether oxygens (including phenoxy) is 2. The van der Waals surface area contributed by atoms with Crippen molar-refractivity contribution < 1.29 is 22.7 Å². The number of hydrogen-bond acceptors (Lipinski definition) is 5. The Balaban J connectivity index is 1.65. The summed E-state index contributed by atoms with van der Waals surface area (Å²) in [4.78, 5) is 12.4. The fourth-order valence-corrected chi connectivity index (χ4v) is 5.27. The maximum absolute atomic E-state index is 12.5. The van der Waals surface area contributed by atoms with Gasteiger partial charge in [-0.25, -0.2) is 13.2 Å². The molecule has 0 aromatic heterocycles. The first-order valence-electron chi connectivity index (χ1n) is 10.3. The monoisotopic (exact) mass is 447 g/mol. The molecule has 0 saturated carbocycles. The van der Waals surface area contributed by atoms with E-state index in [2.05, 4.69) is 10.6 Å². The van der Waals surface area contributed by atoms with Crippen LogP contribution in [0.4, 0.5) is 16.2 Å². The lowest BCUT2D eigenvalue weighted by Crippen LogP contribution is -2.37. The Morgan fingerprint density at radius 1 is 1.10 bits per heavy atom. The van der Waals surface area contributed by atoms with E-state index < -0.39 is 10.0 Å². The van der Waals surface area contributed by atoms with E-state index in [1.54, 1.807) is 32.4 Å². The molecule has 1 heterocycles. The van der Waals surface area contributed by atoms with Gasteiger partial charge in [-0.1, -0.05) is 13.0 Å². The lowest BCUT2D eigenvalue weighted by Gasteiger charge is -2.30. The Bertz CT molecular complexity index is 1040. The van der Waals surface area contributed by atoms with E-state index in [0.717, 1.165) is 24.0 Å². The fraction of sp³-hybridized carbons (Fsp3) is 0.409. The molecule has 0 fully saturated rings. The molecular formula is C22H29N3O5S. The molecule has 1 aliphatic heterocycles. The number of nitrogens with zero attached hydrogens (tertiary/aromatic N) is 1. The van der Waals surface area contributed by atoms with Gasteiger partial charge in [-0.15, -0.1) is 0 Å². The maximum atomic E-state index is 12.5. The average Bonchev–Trinajstić information content (AvgIpc) is 2.76. The third-order valence-corrected chi connectivity index (χ3v) is 7.09. The van der Waals surface area contributed by atoms with Gasteiger partial charge in [0.2, 0.25) is 10.0 Å². The molecule has 2 aromatic carbocycles. The van der Waals surface area contributed by atoms with Crippen LogP contribution in [0, 0.1) is 0 Å². The second-order valence-electron chi connectivity index (χ2n) is 7.33. The summed E-state index contributed by atoms with van der Waals surface area (Å²) >= 11 is 0. The van der Waals surface area contributed by atoms with E-state index in [1.807, 2.05) is 25.1 Å². The topological polar surface area (TPSA) is 97.0 Å². The molecule has 0 atom stereocenters. The third-order valence-electron chi connectivity index (χ3n) is 5.11. The summed E-state index contributed by atoms with van der Waals surface area (Å²) in [5, 5.41) is 5.63. The smallest absolute Gasteiger partial charge is 0.319 e. The third kappa shape index (κ3) is 5.41. The zero-order chi connectivity index (χ0) is 22.4. The van der Waals surface area contributed by atoms with Crippen molar-refractivity contribution in [3.63, 3.8) is 0 Å². The van der Waals surface area contributed by atoms with Crippen LogP contribution in [0.15, 0.2) is 36.4 Å². The van der Waals surface area contributed by atoms with E-state index in [1.165, 1.54) is 4.31 Å². The van der Waals surface area contributed by atoms with Gasteiger partial charge < -0.3 is 20.1 Å². The van der Waals surface area contributed by atoms with Crippen molar-refractivity contribution in [2.24, 2.45) is 0 Å². The summed E-state index contributed by atoms with van der Waals surface area (Å²) in [5.74, 6) is 1.35. The number of fused-ring (bicyclic) bond motifs is 1. The molecule has 9 heteroatoms. The molecule has 0 bridgehead atoms. The summed E-state index contributed by atoms with van der Waals surface area (Å²) in [6, 6.07) is 10.4. The number of methoxy groups -OCH3 is 2. The lowest BCUT2D eigenvalue weighted by molar-refractivity contribution is 0.251. The highest BCUT2D eigenvalue weighted by Crippen LogP contribution is 2.32. The normalized spacial score (nSPS) is 13.3. The standard InChI is InChI=1S/C22H29N3O5S/c1-4-12-31(27,28)25-11-5-6-17-14-18(8-9-19(17)25)24-22(26)23-15-16-7-10-20(29-2)21(13-16)30-3/h7-10,13-14H,4-6,11-12,15H2,1-3H3,(H2,23,24,26). The van der Waals surface area contributed by atoms with Crippen LogP contribution in [0.3, 0.4) is 0 Å². The highest BCUT2D eigenvalue weighted by Gasteiger charge is 2.26. The predicted molar refractivity (Wildman–Crippen MR) is 122 cm³/mol. The summed E-state index contributed by atoms with van der Waals surface area (Å²) < 4.78 is 37.1. The van der Waals surface area contributed by atoms with Crippen molar-refractivity contribution in [3.05, 3.63) is 47.5 Å². The Kier molecular flexibility index (Phi) is 7.27. The van der Waals surface area contributed by atoms with Gasteiger partial charge >= 0.3 is 6.03 Å². The number of aryl methyl sites for hydroxylation is 1. The Morgan fingerprint density at radius 2 is 1.87 bits per heavy atom. The van der Waals surface area contributed by atoms with Crippen molar-refractivity contribution in [1.82, 2.24) is 5.32 Å². The van der Waals surface area contributed by atoms with E-state index in [9.17, 15) is 13.2 Å². The van der Waals surface area contributed by atoms with Crippen LogP contribution in [0.2, 0.25) is 0 Å². The van der Waals surface area contributed by atoms with Crippen LogP contribution < -0.4 is 24.4 Å². The number of sulfonamides is 1. The molecule has 3 rings (SSSR count). The van der Waals surface area contributed by atoms with Crippen LogP contribution in [-0.4, -0.2) is 41.0 Å². The number of carbonyl (C=O) groups excluding carboxylic acids is 1. The summed E-state index contributed by atoms with van der Waals surface area (Å²) in [6.45, 7) is 2.67. The molecule has 2 N–H and O–H groups in total. The van der Waals surface area contributed by atoms with Gasteiger partial charge in [0, 0.05) is 18.8 Å². The quantitative estimate of drug-likeness (QED) is 0.645. The fourth-order valence-electron chi connectivity index (χ4n) is 3.65. The van der Waals surface area contributed by atoms with Gasteiger partial charge in [-0.2, -0.15) is 0 Å². The first-order chi connectivity index (χ1) is 14.9. The summed E-state index contributed by atoms with van der Waals surface area (Å²) in [5.41, 5.74) is 3.12. The molecule has 0 spiro atoms. The van der Waals surface area contributed by atoms with Gasteiger partial charge in [-0.3, -0.25) is 4.31 Å². The lowest BCUT2D eigenvalue weighted by atomic mass is 10.0. The van der Waals surface area contributed by atoms with Crippen LogP contribution in [0.25, 0.3) is 0 Å². The molecule has 31 heavy (non-hydrogen) atoms. The largest absolute Gasteiger partial charge is 0.493 e. The maximum Gasteiger partial charge on any atom is 0.319 e. The molecule has 0 radical (unpaired) electrons. The van der Waals surface area contributed by atoms with Crippen molar-refractivity contribution in [2.75, 3.05) is 36.1 Å². The molecule has 2 aromatic rings. The van der Waals surface area contributed by atoms with Gasteiger partial charge in [0.15, 0.2) is 11.5 Å². The minimum atomic E-state index is -3.32. The second kappa shape index (κ2) is 9.91. The highest BCUT2D eigenvalue weighted by atomic mass is 32.2. The van der Waals surface area contributed by atoms with Crippen LogP contribution in [-0.2, 0) is 23.0 Å². The van der Waals surface area contributed by atoms with Crippen molar-refractivity contribution in [1.29, 1.82) is 0 Å². The van der Waals surface area contributed by atoms with E-state index >= 15 is 0 Å². The van der Waals surface area contributed by atoms with Crippen molar-refractivity contribution >= 4 is 27.4 Å². The minimum absolute atomic E-state index is 0.130. The number of rotatable bonds is 8. The first-order valence-corrected chi connectivity index (χ1v) is 11.9. The molecule has 168 valence electrons. The zero-order valence-electron chi connectivity index (χ0n) is 18.1. The summed E-state index contributed by atoms with van der Waals surface area (Å²) in [6.07, 6.45) is 2.11. The molecular weight excluding hydrogens is 418 g/mol. The predicted octanol–water partition coefficient (Wildman–Crippen LogP) is 3.52. The number of hydrogen-bond donors (Lipinski definition) is 2. The van der Waals surface area contributed by atoms with Crippen LogP contribution in [0.1, 0.15) is 30.9 Å². The van der Waals surface area contributed by atoms with E-state index in [4.69, 9.17) is 9.47 Å². The van der Waals surface area contributed by atoms with Gasteiger partial charge in [0.25, 0.3) is 0 Å². The average molecular weight is 448 g/mol. The van der Waals surface area contributed by atoms with Crippen molar-refractivity contribution in [3.8, 4) is 11.5 Å². The number of anilines is 2. The Labute approximate surface area is 183 Å². The number of amides is 2. The number of nitrogens with one attached hydrogen (secondary N) is 2. The van der Waals surface area contributed by atoms with Crippen LogP contribution >= 0.6 is 0 Å². The SMILES string of the molecule is CCCS(=O)(=O)N1CCCc2cc(NC(=O)NCc3ccc(OC)c(OC)c3)ccc21. The number of urea groups is 1. The molecule has 0 saturated heterocycles. The van der Waals surface area contributed by atoms with Gasteiger partial charge in [-0.05, 0) is 60.7 Å². The molecule has 2 amide bonds. The first kappa shape index (κ1) is 22.7. The van der Waals surface area contributed by atoms with Gasteiger partial charge in [0.1, 0.15) is 0 Å². The molecule has 0 aliphatic carbocycles. The Morgan fingerprint density at radius 3 is 2.58 bits per heavy atom. The second-order valence-corrected chi connectivity index (χ2v) is 9.35. The molecule has 0 unspecified atom stereocenters.